The Morgan fingerprint density at radius 3 is 2.12 bits per heavy atom. The monoisotopic (exact) mass is 228 g/mol. The van der Waals surface area contributed by atoms with Crippen molar-refractivity contribution in [2.75, 3.05) is 20.1 Å². The van der Waals surface area contributed by atoms with E-state index in [0.29, 0.717) is 25.2 Å². The van der Waals surface area contributed by atoms with Gasteiger partial charge in [-0.1, -0.05) is 0 Å². The summed E-state index contributed by atoms with van der Waals surface area (Å²) < 4.78 is 0. The van der Waals surface area contributed by atoms with Crippen LogP contribution in [0.5, 0.6) is 0 Å². The summed E-state index contributed by atoms with van der Waals surface area (Å²) in [4.78, 5) is 26.1. The molecule has 2 atom stereocenters. The molecule has 1 rings (SSSR count). The Morgan fingerprint density at radius 1 is 1.19 bits per heavy atom. The molecule has 92 valence electrons. The first-order valence-electron chi connectivity index (χ1n) is 5.63. The highest BCUT2D eigenvalue weighted by Gasteiger charge is 2.29. The fraction of sp³-hybridized carbons (Fsp3) is 0.818. The molecule has 0 spiro atoms. The van der Waals surface area contributed by atoms with E-state index in [9.17, 15) is 9.59 Å². The van der Waals surface area contributed by atoms with Gasteiger partial charge in [-0.3, -0.25) is 14.5 Å². The fourth-order valence-corrected chi connectivity index (χ4v) is 1.98. The van der Waals surface area contributed by atoms with Gasteiger partial charge in [0.1, 0.15) is 0 Å². The summed E-state index contributed by atoms with van der Waals surface area (Å²) in [5, 5.41) is 8.53. The molecule has 16 heavy (non-hydrogen) atoms. The topological polar surface area (TPSA) is 60.9 Å². The standard InChI is InChI=1S/C11H20N2O3/c1-8-6-13(7-9(2)12(8)3)10(14)4-5-11(15)16/h8-9H,4-7H2,1-3H3,(H,15,16). The number of amides is 1. The number of hydrogen-bond donors (Lipinski definition) is 1. The Balaban J connectivity index is 2.48. The average molecular weight is 228 g/mol. The zero-order chi connectivity index (χ0) is 12.3. The van der Waals surface area contributed by atoms with E-state index in [1.54, 1.807) is 4.90 Å². The number of carbonyl (C=O) groups excluding carboxylic acids is 1. The maximum atomic E-state index is 11.7. The van der Waals surface area contributed by atoms with Gasteiger partial charge in [0.2, 0.25) is 5.91 Å². The smallest absolute Gasteiger partial charge is 0.303 e. The van der Waals surface area contributed by atoms with Gasteiger partial charge in [-0.15, -0.1) is 0 Å². The second-order valence-corrected chi connectivity index (χ2v) is 4.56. The lowest BCUT2D eigenvalue weighted by Crippen LogP contribution is -2.56. The van der Waals surface area contributed by atoms with Crippen LogP contribution in [0.3, 0.4) is 0 Å². The minimum atomic E-state index is -0.913. The number of carbonyl (C=O) groups is 2. The Kier molecular flexibility index (Phi) is 4.29. The van der Waals surface area contributed by atoms with E-state index in [1.807, 2.05) is 7.05 Å². The second-order valence-electron chi connectivity index (χ2n) is 4.56. The second kappa shape index (κ2) is 5.30. The van der Waals surface area contributed by atoms with Crippen molar-refractivity contribution in [3.8, 4) is 0 Å². The van der Waals surface area contributed by atoms with Gasteiger partial charge in [0, 0.05) is 31.6 Å². The molecule has 0 aromatic rings. The van der Waals surface area contributed by atoms with Crippen LogP contribution in [-0.2, 0) is 9.59 Å². The lowest BCUT2D eigenvalue weighted by atomic mass is 10.1. The summed E-state index contributed by atoms with van der Waals surface area (Å²) >= 11 is 0. The lowest BCUT2D eigenvalue weighted by molar-refractivity contribution is -0.142. The van der Waals surface area contributed by atoms with Crippen molar-refractivity contribution in [3.05, 3.63) is 0 Å². The van der Waals surface area contributed by atoms with Gasteiger partial charge in [-0.05, 0) is 20.9 Å². The molecule has 1 amide bonds. The summed E-state index contributed by atoms with van der Waals surface area (Å²) in [5.41, 5.74) is 0. The highest BCUT2D eigenvalue weighted by Crippen LogP contribution is 2.14. The van der Waals surface area contributed by atoms with Crippen LogP contribution in [0.1, 0.15) is 26.7 Å². The molecule has 0 saturated carbocycles. The third-order valence-electron chi connectivity index (χ3n) is 3.27. The number of aliphatic carboxylic acids is 1. The number of carboxylic acid groups (broad SMARTS) is 1. The largest absolute Gasteiger partial charge is 0.481 e. The van der Waals surface area contributed by atoms with Crippen molar-refractivity contribution in [3.63, 3.8) is 0 Å². The molecular weight excluding hydrogens is 208 g/mol. The molecule has 2 unspecified atom stereocenters. The quantitative estimate of drug-likeness (QED) is 0.759. The number of carboxylic acids is 1. The molecule has 1 aliphatic heterocycles. The molecule has 1 aliphatic rings. The maximum Gasteiger partial charge on any atom is 0.303 e. The van der Waals surface area contributed by atoms with Gasteiger partial charge in [0.25, 0.3) is 0 Å². The molecule has 5 nitrogen and oxygen atoms in total. The molecule has 1 fully saturated rings. The van der Waals surface area contributed by atoms with Crippen molar-refractivity contribution in [2.24, 2.45) is 0 Å². The van der Waals surface area contributed by atoms with Crippen molar-refractivity contribution < 1.29 is 14.7 Å². The van der Waals surface area contributed by atoms with Crippen LogP contribution in [-0.4, -0.2) is 59.0 Å². The maximum absolute atomic E-state index is 11.7. The summed E-state index contributed by atoms with van der Waals surface area (Å²) in [5.74, 6) is -0.960. The Morgan fingerprint density at radius 2 is 1.69 bits per heavy atom. The number of rotatable bonds is 3. The summed E-state index contributed by atoms with van der Waals surface area (Å²) in [6, 6.07) is 0.662. The third kappa shape index (κ3) is 3.20. The van der Waals surface area contributed by atoms with E-state index in [-0.39, 0.29) is 18.7 Å². The molecule has 0 aromatic carbocycles. The van der Waals surface area contributed by atoms with Gasteiger partial charge >= 0.3 is 5.97 Å². The van der Waals surface area contributed by atoms with Crippen molar-refractivity contribution in [1.29, 1.82) is 0 Å². The molecule has 0 radical (unpaired) electrons. The van der Waals surface area contributed by atoms with Crippen molar-refractivity contribution >= 4 is 11.9 Å². The van der Waals surface area contributed by atoms with E-state index < -0.39 is 5.97 Å². The number of hydrogen-bond acceptors (Lipinski definition) is 3. The SMILES string of the molecule is CC1CN(C(=O)CCC(=O)O)CC(C)N1C. The van der Waals surface area contributed by atoms with Gasteiger partial charge < -0.3 is 10.0 Å². The summed E-state index contributed by atoms with van der Waals surface area (Å²) in [6.07, 6.45) is 0.0341. The summed E-state index contributed by atoms with van der Waals surface area (Å²) in [6.45, 7) is 5.54. The first-order chi connectivity index (χ1) is 7.41. The molecule has 0 aromatic heterocycles. The first kappa shape index (κ1) is 13.0. The zero-order valence-electron chi connectivity index (χ0n) is 10.1. The van der Waals surface area contributed by atoms with Crippen LogP contribution < -0.4 is 0 Å². The van der Waals surface area contributed by atoms with E-state index in [1.165, 1.54) is 0 Å². The van der Waals surface area contributed by atoms with Crippen molar-refractivity contribution in [2.45, 2.75) is 38.8 Å². The predicted octanol–water partition coefficient (Wildman–Crippen LogP) is 0.402. The predicted molar refractivity (Wildman–Crippen MR) is 60.1 cm³/mol. The van der Waals surface area contributed by atoms with Gasteiger partial charge in [-0.25, -0.2) is 0 Å². The van der Waals surface area contributed by atoms with E-state index in [0.717, 1.165) is 0 Å². The first-order valence-corrected chi connectivity index (χ1v) is 5.63. The Bertz CT molecular complexity index is 268. The molecule has 1 heterocycles. The molecular formula is C11H20N2O3. The van der Waals surface area contributed by atoms with E-state index in [2.05, 4.69) is 18.7 Å². The molecule has 1 N–H and O–H groups in total. The van der Waals surface area contributed by atoms with Crippen LogP contribution in [0.4, 0.5) is 0 Å². The van der Waals surface area contributed by atoms with Crippen molar-refractivity contribution in [1.82, 2.24) is 9.80 Å². The Labute approximate surface area is 96.0 Å². The van der Waals surface area contributed by atoms with Crippen LogP contribution in [0.25, 0.3) is 0 Å². The molecule has 1 saturated heterocycles. The van der Waals surface area contributed by atoms with Gasteiger partial charge in [-0.2, -0.15) is 0 Å². The van der Waals surface area contributed by atoms with Gasteiger partial charge in [0.05, 0.1) is 6.42 Å². The highest BCUT2D eigenvalue weighted by atomic mass is 16.4. The number of piperazine rings is 1. The van der Waals surface area contributed by atoms with E-state index >= 15 is 0 Å². The van der Waals surface area contributed by atoms with Gasteiger partial charge in [0.15, 0.2) is 0 Å². The van der Waals surface area contributed by atoms with Crippen LogP contribution >= 0.6 is 0 Å². The summed E-state index contributed by atoms with van der Waals surface area (Å²) in [7, 11) is 2.05. The fourth-order valence-electron chi connectivity index (χ4n) is 1.98. The van der Waals surface area contributed by atoms with Crippen LogP contribution in [0.15, 0.2) is 0 Å². The zero-order valence-corrected chi connectivity index (χ0v) is 10.1. The molecule has 0 aliphatic carbocycles. The normalized spacial score (nSPS) is 26.8. The van der Waals surface area contributed by atoms with Crippen LogP contribution in [0.2, 0.25) is 0 Å². The van der Waals surface area contributed by atoms with Crippen LogP contribution in [0, 0.1) is 0 Å². The van der Waals surface area contributed by atoms with E-state index in [4.69, 9.17) is 5.11 Å². The minimum Gasteiger partial charge on any atom is -0.481 e. The average Bonchev–Trinajstić information content (AvgIpc) is 2.21. The number of nitrogens with zero attached hydrogens (tertiary/aromatic N) is 2. The third-order valence-corrected chi connectivity index (χ3v) is 3.27. The number of likely N-dealkylation sites (N-methyl/N-ethyl adjacent to an activating group) is 1. The highest BCUT2D eigenvalue weighted by molar-refractivity contribution is 5.80. The molecule has 5 heteroatoms. The molecule has 0 bridgehead atoms. The lowest BCUT2D eigenvalue weighted by Gasteiger charge is -2.42. The minimum absolute atomic E-state index is 0.0470. The Hall–Kier alpha value is -1.10.